The van der Waals surface area contributed by atoms with Crippen LogP contribution in [0.5, 0.6) is 0 Å². The Morgan fingerprint density at radius 3 is 3.00 bits per heavy atom. The zero-order valence-corrected chi connectivity index (χ0v) is 6.11. The summed E-state index contributed by atoms with van der Waals surface area (Å²) in [4.78, 5) is 0. The molecule has 0 aromatic rings. The highest BCUT2D eigenvalue weighted by Gasteiger charge is 2.18. The summed E-state index contributed by atoms with van der Waals surface area (Å²) in [6, 6.07) is 0. The molecule has 1 rings (SSSR count). The van der Waals surface area contributed by atoms with Crippen molar-refractivity contribution in [2.24, 2.45) is 5.73 Å². The Bertz CT molecular complexity index is 78.9. The van der Waals surface area contributed by atoms with Gasteiger partial charge in [-0.15, -0.1) is 0 Å². The third kappa shape index (κ3) is 2.33. The van der Waals surface area contributed by atoms with E-state index >= 15 is 0 Å². The summed E-state index contributed by atoms with van der Waals surface area (Å²) in [6.45, 7) is 4.24. The maximum Gasteiger partial charge on any atom is 0.0252 e. The predicted molar refractivity (Wildman–Crippen MR) is 39.3 cm³/mol. The fourth-order valence-corrected chi connectivity index (χ4v) is 1.24. The van der Waals surface area contributed by atoms with Crippen LogP contribution in [0, 0.1) is 0 Å². The third-order valence-electron chi connectivity index (χ3n) is 1.88. The van der Waals surface area contributed by atoms with Gasteiger partial charge in [0.1, 0.15) is 0 Å². The molecule has 1 atom stereocenters. The first-order valence-corrected chi connectivity index (χ1v) is 3.70. The van der Waals surface area contributed by atoms with Crippen LogP contribution in [0.3, 0.4) is 0 Å². The Kier molecular flexibility index (Phi) is 2.09. The van der Waals surface area contributed by atoms with Gasteiger partial charge in [-0.2, -0.15) is 0 Å². The lowest BCUT2D eigenvalue weighted by Crippen LogP contribution is -2.44. The van der Waals surface area contributed by atoms with Crippen molar-refractivity contribution in [3.8, 4) is 0 Å². The highest BCUT2D eigenvalue weighted by Crippen LogP contribution is 2.11. The Morgan fingerprint density at radius 2 is 2.22 bits per heavy atom. The van der Waals surface area contributed by atoms with Crippen LogP contribution in [-0.2, 0) is 0 Å². The van der Waals surface area contributed by atoms with Gasteiger partial charge in [0.2, 0.25) is 0 Å². The van der Waals surface area contributed by atoms with E-state index in [9.17, 15) is 0 Å². The number of hydrogen-bond donors (Lipinski definition) is 2. The second-order valence-corrected chi connectivity index (χ2v) is 3.29. The van der Waals surface area contributed by atoms with E-state index in [1.54, 1.807) is 0 Å². The van der Waals surface area contributed by atoms with Gasteiger partial charge in [0.05, 0.1) is 0 Å². The SMILES string of the molecule is C[C@]1(N)CCCCNC1. The van der Waals surface area contributed by atoms with Gasteiger partial charge in [0.15, 0.2) is 0 Å². The van der Waals surface area contributed by atoms with E-state index in [1.807, 2.05) is 0 Å². The second-order valence-electron chi connectivity index (χ2n) is 3.29. The molecule has 1 heterocycles. The zero-order valence-electron chi connectivity index (χ0n) is 6.11. The van der Waals surface area contributed by atoms with Crippen LogP contribution in [-0.4, -0.2) is 18.6 Å². The molecular weight excluding hydrogens is 112 g/mol. The van der Waals surface area contributed by atoms with E-state index in [-0.39, 0.29) is 5.54 Å². The molecule has 0 amide bonds. The van der Waals surface area contributed by atoms with Gasteiger partial charge in [-0.25, -0.2) is 0 Å². The van der Waals surface area contributed by atoms with Crippen molar-refractivity contribution >= 4 is 0 Å². The van der Waals surface area contributed by atoms with Crippen molar-refractivity contribution in [3.05, 3.63) is 0 Å². The topological polar surface area (TPSA) is 38.0 Å². The molecule has 0 radical (unpaired) electrons. The average molecular weight is 128 g/mol. The first-order chi connectivity index (χ1) is 4.21. The zero-order chi connectivity index (χ0) is 6.74. The van der Waals surface area contributed by atoms with E-state index in [1.165, 1.54) is 19.3 Å². The smallest absolute Gasteiger partial charge is 0.0252 e. The minimum atomic E-state index is 0.0521. The Balaban J connectivity index is 2.36. The standard InChI is InChI=1S/C7H16N2/c1-7(8)4-2-3-5-9-6-7/h9H,2-6,8H2,1H3/t7-/m0/s1. The first kappa shape index (κ1) is 7.03. The monoisotopic (exact) mass is 128 g/mol. The van der Waals surface area contributed by atoms with Crippen LogP contribution in [0.4, 0.5) is 0 Å². The van der Waals surface area contributed by atoms with Gasteiger partial charge in [-0.3, -0.25) is 0 Å². The average Bonchev–Trinajstić information content (AvgIpc) is 1.92. The normalized spacial score (nSPS) is 38.0. The van der Waals surface area contributed by atoms with Crippen LogP contribution in [0.2, 0.25) is 0 Å². The van der Waals surface area contributed by atoms with Crippen molar-refractivity contribution in [2.75, 3.05) is 13.1 Å². The molecule has 0 aromatic heterocycles. The highest BCUT2D eigenvalue weighted by molar-refractivity contribution is 4.83. The van der Waals surface area contributed by atoms with Crippen LogP contribution < -0.4 is 11.1 Å². The minimum absolute atomic E-state index is 0.0521. The Morgan fingerprint density at radius 1 is 1.44 bits per heavy atom. The summed E-state index contributed by atoms with van der Waals surface area (Å²) in [5, 5.41) is 3.31. The predicted octanol–water partition coefficient (Wildman–Crippen LogP) is 0.477. The summed E-state index contributed by atoms with van der Waals surface area (Å²) >= 11 is 0. The first-order valence-electron chi connectivity index (χ1n) is 3.70. The van der Waals surface area contributed by atoms with E-state index in [0.29, 0.717) is 0 Å². The molecule has 2 nitrogen and oxygen atoms in total. The largest absolute Gasteiger partial charge is 0.324 e. The van der Waals surface area contributed by atoms with Gasteiger partial charge >= 0.3 is 0 Å². The van der Waals surface area contributed by atoms with E-state index in [2.05, 4.69) is 12.2 Å². The molecule has 9 heavy (non-hydrogen) atoms. The highest BCUT2D eigenvalue weighted by atomic mass is 14.9. The molecule has 1 aliphatic rings. The van der Waals surface area contributed by atoms with Crippen molar-refractivity contribution in [1.29, 1.82) is 0 Å². The van der Waals surface area contributed by atoms with Crippen molar-refractivity contribution < 1.29 is 0 Å². The molecule has 3 N–H and O–H groups in total. The maximum absolute atomic E-state index is 5.92. The Hall–Kier alpha value is -0.0800. The second kappa shape index (κ2) is 2.67. The number of nitrogens with one attached hydrogen (secondary N) is 1. The summed E-state index contributed by atoms with van der Waals surface area (Å²) in [6.07, 6.45) is 3.73. The van der Waals surface area contributed by atoms with E-state index < -0.39 is 0 Å². The number of nitrogens with two attached hydrogens (primary N) is 1. The van der Waals surface area contributed by atoms with Gasteiger partial charge in [-0.1, -0.05) is 6.42 Å². The molecule has 0 aliphatic carbocycles. The van der Waals surface area contributed by atoms with Crippen molar-refractivity contribution in [3.63, 3.8) is 0 Å². The fraction of sp³-hybridized carbons (Fsp3) is 1.00. The molecule has 0 aromatic carbocycles. The molecule has 1 fully saturated rings. The lowest BCUT2D eigenvalue weighted by Gasteiger charge is -2.21. The molecular formula is C7H16N2. The van der Waals surface area contributed by atoms with Crippen molar-refractivity contribution in [2.45, 2.75) is 31.7 Å². The fourth-order valence-electron chi connectivity index (χ4n) is 1.24. The summed E-state index contributed by atoms with van der Waals surface area (Å²) in [5.41, 5.74) is 5.97. The molecule has 1 saturated heterocycles. The third-order valence-corrected chi connectivity index (χ3v) is 1.88. The quantitative estimate of drug-likeness (QED) is 0.498. The van der Waals surface area contributed by atoms with E-state index in [4.69, 9.17) is 5.73 Å². The summed E-state index contributed by atoms with van der Waals surface area (Å²) in [5.74, 6) is 0. The molecule has 0 unspecified atom stereocenters. The molecule has 54 valence electrons. The van der Waals surface area contributed by atoms with Gasteiger partial charge in [-0.05, 0) is 26.3 Å². The maximum atomic E-state index is 5.92. The molecule has 2 heteroatoms. The summed E-state index contributed by atoms with van der Waals surface area (Å²) in [7, 11) is 0. The van der Waals surface area contributed by atoms with Crippen LogP contribution >= 0.6 is 0 Å². The summed E-state index contributed by atoms with van der Waals surface area (Å²) < 4.78 is 0. The van der Waals surface area contributed by atoms with Gasteiger partial charge in [0.25, 0.3) is 0 Å². The molecule has 0 spiro atoms. The van der Waals surface area contributed by atoms with Gasteiger partial charge in [0, 0.05) is 12.1 Å². The Labute approximate surface area is 56.8 Å². The molecule has 0 saturated carbocycles. The lowest BCUT2D eigenvalue weighted by atomic mass is 9.98. The van der Waals surface area contributed by atoms with Crippen molar-refractivity contribution in [1.82, 2.24) is 5.32 Å². The number of rotatable bonds is 0. The van der Waals surface area contributed by atoms with E-state index in [0.717, 1.165) is 13.1 Å². The molecule has 0 bridgehead atoms. The van der Waals surface area contributed by atoms with Crippen LogP contribution in [0.1, 0.15) is 26.2 Å². The van der Waals surface area contributed by atoms with Gasteiger partial charge < -0.3 is 11.1 Å². The van der Waals surface area contributed by atoms with Crippen LogP contribution in [0.25, 0.3) is 0 Å². The van der Waals surface area contributed by atoms with Crippen LogP contribution in [0.15, 0.2) is 0 Å². The molecule has 1 aliphatic heterocycles. The number of hydrogen-bond acceptors (Lipinski definition) is 2. The minimum Gasteiger partial charge on any atom is -0.324 e. The lowest BCUT2D eigenvalue weighted by molar-refractivity contribution is 0.429.